The van der Waals surface area contributed by atoms with Gasteiger partial charge in [-0.05, 0) is 40.7 Å². The summed E-state index contributed by atoms with van der Waals surface area (Å²) in [4.78, 5) is 28.7. The molecule has 146 valence electrons. The Bertz CT molecular complexity index is 437. The SMILES string of the molecule is CCC1C(C(=O)NCCN(C)CCOC)CCN1C(=O)OC(C)(C)C. The molecule has 2 unspecified atom stereocenters. The van der Waals surface area contributed by atoms with Crippen LogP contribution in [0.5, 0.6) is 0 Å². The molecule has 0 radical (unpaired) electrons. The van der Waals surface area contributed by atoms with Gasteiger partial charge in [-0.25, -0.2) is 4.79 Å². The van der Waals surface area contributed by atoms with Crippen LogP contribution in [-0.2, 0) is 14.3 Å². The van der Waals surface area contributed by atoms with E-state index in [0.717, 1.165) is 19.5 Å². The number of carbonyl (C=O) groups is 2. The van der Waals surface area contributed by atoms with Crippen molar-refractivity contribution in [3.05, 3.63) is 0 Å². The van der Waals surface area contributed by atoms with E-state index in [9.17, 15) is 9.59 Å². The van der Waals surface area contributed by atoms with Gasteiger partial charge in [0.1, 0.15) is 5.60 Å². The first-order valence-electron chi connectivity index (χ1n) is 9.14. The number of hydrogen-bond donors (Lipinski definition) is 1. The second-order valence-electron chi connectivity index (χ2n) is 7.63. The number of nitrogens with zero attached hydrogens (tertiary/aromatic N) is 2. The molecule has 1 fully saturated rings. The van der Waals surface area contributed by atoms with Gasteiger partial charge in [0.2, 0.25) is 5.91 Å². The second kappa shape index (κ2) is 9.97. The molecular formula is C18H35N3O4. The number of nitrogens with one attached hydrogen (secondary N) is 1. The first-order chi connectivity index (χ1) is 11.7. The summed E-state index contributed by atoms with van der Waals surface area (Å²) in [6, 6.07) is -0.0962. The van der Waals surface area contributed by atoms with Gasteiger partial charge < -0.3 is 24.6 Å². The number of likely N-dealkylation sites (tertiary alicyclic amines) is 1. The van der Waals surface area contributed by atoms with Gasteiger partial charge in [0.25, 0.3) is 0 Å². The molecule has 7 nitrogen and oxygen atoms in total. The number of likely N-dealkylation sites (N-methyl/N-ethyl adjacent to an activating group) is 1. The minimum absolute atomic E-state index is 0.0260. The van der Waals surface area contributed by atoms with Gasteiger partial charge in [0.15, 0.2) is 0 Å². The third kappa shape index (κ3) is 7.20. The molecule has 0 aliphatic carbocycles. The van der Waals surface area contributed by atoms with Gasteiger partial charge >= 0.3 is 6.09 Å². The minimum Gasteiger partial charge on any atom is -0.444 e. The molecule has 0 bridgehead atoms. The highest BCUT2D eigenvalue weighted by molar-refractivity contribution is 5.81. The van der Waals surface area contributed by atoms with Crippen molar-refractivity contribution in [1.82, 2.24) is 15.1 Å². The topological polar surface area (TPSA) is 71.1 Å². The Hall–Kier alpha value is -1.34. The summed E-state index contributed by atoms with van der Waals surface area (Å²) in [6.07, 6.45) is 1.10. The minimum atomic E-state index is -0.525. The lowest BCUT2D eigenvalue weighted by molar-refractivity contribution is -0.125. The molecule has 2 amide bonds. The van der Waals surface area contributed by atoms with Crippen molar-refractivity contribution >= 4 is 12.0 Å². The lowest BCUT2D eigenvalue weighted by atomic mass is 9.97. The average Bonchev–Trinajstić information content (AvgIpc) is 2.95. The Labute approximate surface area is 152 Å². The molecule has 0 aromatic rings. The van der Waals surface area contributed by atoms with Crippen LogP contribution in [0, 0.1) is 5.92 Å². The van der Waals surface area contributed by atoms with E-state index in [-0.39, 0.29) is 24.0 Å². The molecule has 1 N–H and O–H groups in total. The Kier molecular flexibility index (Phi) is 8.65. The summed E-state index contributed by atoms with van der Waals surface area (Å²) in [5.41, 5.74) is -0.525. The summed E-state index contributed by atoms with van der Waals surface area (Å²) in [6.45, 7) is 11.0. The van der Waals surface area contributed by atoms with E-state index in [0.29, 0.717) is 26.1 Å². The van der Waals surface area contributed by atoms with Gasteiger partial charge in [-0.1, -0.05) is 6.92 Å². The van der Waals surface area contributed by atoms with Crippen LogP contribution in [0.25, 0.3) is 0 Å². The van der Waals surface area contributed by atoms with E-state index in [4.69, 9.17) is 9.47 Å². The molecule has 1 aliphatic rings. The number of hydrogen-bond acceptors (Lipinski definition) is 5. The van der Waals surface area contributed by atoms with Crippen LogP contribution >= 0.6 is 0 Å². The van der Waals surface area contributed by atoms with Crippen LogP contribution in [0.1, 0.15) is 40.5 Å². The zero-order valence-electron chi connectivity index (χ0n) is 16.6. The number of carbonyl (C=O) groups excluding carboxylic acids is 2. The fraction of sp³-hybridized carbons (Fsp3) is 0.889. The smallest absolute Gasteiger partial charge is 0.410 e. The highest BCUT2D eigenvalue weighted by Gasteiger charge is 2.41. The molecular weight excluding hydrogens is 322 g/mol. The monoisotopic (exact) mass is 357 g/mol. The number of rotatable bonds is 8. The maximum absolute atomic E-state index is 12.5. The molecule has 0 aromatic carbocycles. The van der Waals surface area contributed by atoms with Gasteiger partial charge in [0.05, 0.1) is 12.5 Å². The number of amides is 2. The molecule has 2 atom stereocenters. The van der Waals surface area contributed by atoms with Gasteiger partial charge in [-0.15, -0.1) is 0 Å². The fourth-order valence-corrected chi connectivity index (χ4v) is 3.07. The number of ether oxygens (including phenoxy) is 2. The van der Waals surface area contributed by atoms with Crippen LogP contribution in [0.4, 0.5) is 4.79 Å². The van der Waals surface area contributed by atoms with Crippen molar-refractivity contribution in [2.24, 2.45) is 5.92 Å². The lowest BCUT2D eigenvalue weighted by Crippen LogP contribution is -2.45. The van der Waals surface area contributed by atoms with Crippen LogP contribution in [-0.4, -0.2) is 80.4 Å². The summed E-state index contributed by atoms with van der Waals surface area (Å²) < 4.78 is 10.5. The highest BCUT2D eigenvalue weighted by atomic mass is 16.6. The van der Waals surface area contributed by atoms with Gasteiger partial charge in [-0.3, -0.25) is 4.79 Å². The predicted molar refractivity (Wildman–Crippen MR) is 97.5 cm³/mol. The molecule has 7 heteroatoms. The van der Waals surface area contributed by atoms with Crippen molar-refractivity contribution < 1.29 is 19.1 Å². The normalized spacial score (nSPS) is 20.8. The summed E-state index contributed by atoms with van der Waals surface area (Å²) in [5, 5.41) is 3.00. The standard InChI is InChI=1S/C18H35N3O4/c1-7-15-14(8-10-21(15)17(23)25-18(2,3)4)16(22)19-9-11-20(5)12-13-24-6/h14-15H,7-13H2,1-6H3,(H,19,22). The number of methoxy groups -OCH3 is 1. The van der Waals surface area contributed by atoms with E-state index in [1.54, 1.807) is 12.0 Å². The molecule has 0 saturated carbocycles. The summed E-state index contributed by atoms with van der Waals surface area (Å²) in [7, 11) is 3.68. The van der Waals surface area contributed by atoms with Crippen molar-refractivity contribution in [3.63, 3.8) is 0 Å². The lowest BCUT2D eigenvalue weighted by Gasteiger charge is -2.29. The third-order valence-corrected chi connectivity index (χ3v) is 4.40. The van der Waals surface area contributed by atoms with Crippen molar-refractivity contribution in [3.8, 4) is 0 Å². The molecule has 0 spiro atoms. The van der Waals surface area contributed by atoms with Crippen LogP contribution < -0.4 is 5.32 Å². The van der Waals surface area contributed by atoms with Crippen molar-refractivity contribution in [2.45, 2.75) is 52.2 Å². The largest absolute Gasteiger partial charge is 0.444 e. The second-order valence-corrected chi connectivity index (χ2v) is 7.63. The fourth-order valence-electron chi connectivity index (χ4n) is 3.07. The van der Waals surface area contributed by atoms with E-state index >= 15 is 0 Å². The van der Waals surface area contributed by atoms with E-state index < -0.39 is 5.60 Å². The Morgan fingerprint density at radius 1 is 1.28 bits per heavy atom. The first-order valence-corrected chi connectivity index (χ1v) is 9.14. The zero-order chi connectivity index (χ0) is 19.0. The van der Waals surface area contributed by atoms with E-state index in [1.807, 2.05) is 34.7 Å². The van der Waals surface area contributed by atoms with Crippen molar-refractivity contribution in [1.29, 1.82) is 0 Å². The molecule has 25 heavy (non-hydrogen) atoms. The predicted octanol–water partition coefficient (Wildman–Crippen LogP) is 1.72. The van der Waals surface area contributed by atoms with Crippen LogP contribution in [0.3, 0.4) is 0 Å². The quantitative estimate of drug-likeness (QED) is 0.716. The molecule has 0 aromatic heterocycles. The Morgan fingerprint density at radius 2 is 1.96 bits per heavy atom. The molecule has 1 heterocycles. The Morgan fingerprint density at radius 3 is 2.52 bits per heavy atom. The molecule has 1 aliphatic heterocycles. The van der Waals surface area contributed by atoms with Crippen molar-refractivity contribution in [2.75, 3.05) is 46.9 Å². The third-order valence-electron chi connectivity index (χ3n) is 4.40. The van der Waals surface area contributed by atoms with Crippen LogP contribution in [0.15, 0.2) is 0 Å². The first kappa shape index (κ1) is 21.7. The maximum atomic E-state index is 12.5. The average molecular weight is 357 g/mol. The van der Waals surface area contributed by atoms with E-state index in [2.05, 4.69) is 10.2 Å². The summed E-state index contributed by atoms with van der Waals surface area (Å²) in [5.74, 6) is -0.139. The highest BCUT2D eigenvalue weighted by Crippen LogP contribution is 2.28. The molecule has 1 rings (SSSR count). The molecule has 1 saturated heterocycles. The van der Waals surface area contributed by atoms with Gasteiger partial charge in [0, 0.05) is 39.3 Å². The van der Waals surface area contributed by atoms with Crippen LogP contribution in [0.2, 0.25) is 0 Å². The zero-order valence-corrected chi connectivity index (χ0v) is 16.6. The Balaban J connectivity index is 2.49. The summed E-state index contributed by atoms with van der Waals surface area (Å²) >= 11 is 0. The maximum Gasteiger partial charge on any atom is 0.410 e. The van der Waals surface area contributed by atoms with Gasteiger partial charge in [-0.2, -0.15) is 0 Å². The van der Waals surface area contributed by atoms with E-state index in [1.165, 1.54) is 0 Å².